The van der Waals surface area contributed by atoms with Crippen molar-refractivity contribution in [1.82, 2.24) is 19.5 Å². The van der Waals surface area contributed by atoms with E-state index in [2.05, 4.69) is 38.7 Å². The Labute approximate surface area is 170 Å². The lowest BCUT2D eigenvalue weighted by Crippen LogP contribution is -2.11. The highest BCUT2D eigenvalue weighted by atomic mass is 32.2. The largest absolute Gasteiger partial charge is 0.384 e. The van der Waals surface area contributed by atoms with Gasteiger partial charge in [-0.3, -0.25) is 0 Å². The van der Waals surface area contributed by atoms with Gasteiger partial charge in [-0.2, -0.15) is 0 Å². The third-order valence-electron chi connectivity index (χ3n) is 4.44. The first-order valence-corrected chi connectivity index (χ1v) is 10.9. The van der Waals surface area contributed by atoms with Crippen LogP contribution in [0.3, 0.4) is 0 Å². The van der Waals surface area contributed by atoms with Crippen molar-refractivity contribution in [3.05, 3.63) is 48.5 Å². The number of hydrogen-bond donors (Lipinski definition) is 1. The van der Waals surface area contributed by atoms with Crippen LogP contribution in [0.5, 0.6) is 0 Å². The summed E-state index contributed by atoms with van der Waals surface area (Å²) >= 11 is 0. The third kappa shape index (κ3) is 4.80. The van der Waals surface area contributed by atoms with Gasteiger partial charge in [0.05, 0.1) is 34.8 Å². The second-order valence-electron chi connectivity index (χ2n) is 6.88. The highest BCUT2D eigenvalue weighted by Crippen LogP contribution is 2.24. The Morgan fingerprint density at radius 3 is 2.52 bits per heavy atom. The minimum Gasteiger partial charge on any atom is -0.384 e. The molecule has 8 nitrogen and oxygen atoms in total. The fraction of sp³-hybridized carbons (Fsp3) is 0.350. The van der Waals surface area contributed by atoms with Gasteiger partial charge in [-0.15, -0.1) is 0 Å². The fourth-order valence-electron chi connectivity index (χ4n) is 3.04. The third-order valence-corrected chi connectivity index (χ3v) is 6.14. The standard InChI is InChI=1S/C20H25N5O3S/c1-14(2)25-15(3)22-13-19(25)18-9-10-21-20(24-18)23-16-5-7-17(8-6-16)29(26,27)12-11-28-4/h5-10,13-14H,11-12H2,1-4H3,(H,21,23,24). The molecule has 0 radical (unpaired) electrons. The molecule has 0 bridgehead atoms. The summed E-state index contributed by atoms with van der Waals surface area (Å²) in [6, 6.07) is 8.61. The molecule has 1 N–H and O–H groups in total. The van der Waals surface area contributed by atoms with Crippen LogP contribution in [0.25, 0.3) is 11.4 Å². The number of nitrogens with zero attached hydrogens (tertiary/aromatic N) is 4. The highest BCUT2D eigenvalue weighted by Gasteiger charge is 2.15. The molecule has 29 heavy (non-hydrogen) atoms. The average Bonchev–Trinajstić information content (AvgIpc) is 3.09. The highest BCUT2D eigenvalue weighted by molar-refractivity contribution is 7.91. The van der Waals surface area contributed by atoms with Crippen LogP contribution in [0.1, 0.15) is 25.7 Å². The zero-order chi connectivity index (χ0) is 21.0. The number of anilines is 2. The smallest absolute Gasteiger partial charge is 0.227 e. The molecule has 154 valence electrons. The average molecular weight is 416 g/mol. The van der Waals surface area contributed by atoms with Crippen molar-refractivity contribution in [3.63, 3.8) is 0 Å². The quantitative estimate of drug-likeness (QED) is 0.602. The minimum atomic E-state index is -3.36. The summed E-state index contributed by atoms with van der Waals surface area (Å²) in [5.41, 5.74) is 2.37. The van der Waals surface area contributed by atoms with Crippen molar-refractivity contribution in [2.45, 2.75) is 31.7 Å². The number of ether oxygens (including phenoxy) is 1. The fourth-order valence-corrected chi connectivity index (χ4v) is 4.21. The Morgan fingerprint density at radius 1 is 1.14 bits per heavy atom. The Balaban J connectivity index is 1.81. The van der Waals surface area contributed by atoms with Crippen LogP contribution < -0.4 is 5.32 Å². The van der Waals surface area contributed by atoms with Gasteiger partial charge in [0.15, 0.2) is 9.84 Å². The predicted molar refractivity (Wildman–Crippen MR) is 112 cm³/mol. The van der Waals surface area contributed by atoms with E-state index in [4.69, 9.17) is 4.74 Å². The van der Waals surface area contributed by atoms with Crippen molar-refractivity contribution in [2.75, 3.05) is 24.8 Å². The molecule has 2 heterocycles. The number of methoxy groups -OCH3 is 1. The van der Waals surface area contributed by atoms with Crippen molar-refractivity contribution in [3.8, 4) is 11.4 Å². The number of aryl methyl sites for hydroxylation is 1. The molecule has 0 atom stereocenters. The van der Waals surface area contributed by atoms with Gasteiger partial charge in [-0.05, 0) is 51.1 Å². The SMILES string of the molecule is COCCS(=O)(=O)c1ccc(Nc2nccc(-c3cnc(C)n3C(C)C)n2)cc1. The molecule has 0 fully saturated rings. The maximum atomic E-state index is 12.2. The molecule has 0 saturated heterocycles. The monoisotopic (exact) mass is 415 g/mol. The number of nitrogens with one attached hydrogen (secondary N) is 1. The molecule has 0 saturated carbocycles. The zero-order valence-electron chi connectivity index (χ0n) is 17.0. The number of imidazole rings is 1. The Morgan fingerprint density at radius 2 is 1.86 bits per heavy atom. The topological polar surface area (TPSA) is 99.0 Å². The first kappa shape index (κ1) is 20.9. The molecule has 2 aromatic heterocycles. The lowest BCUT2D eigenvalue weighted by atomic mass is 10.2. The van der Waals surface area contributed by atoms with E-state index >= 15 is 0 Å². The molecular weight excluding hydrogens is 390 g/mol. The van der Waals surface area contributed by atoms with Gasteiger partial charge in [0.1, 0.15) is 5.82 Å². The molecule has 3 aromatic rings. The molecule has 0 aliphatic rings. The van der Waals surface area contributed by atoms with Gasteiger partial charge in [0.25, 0.3) is 0 Å². The van der Waals surface area contributed by atoms with E-state index in [0.717, 1.165) is 17.2 Å². The van der Waals surface area contributed by atoms with Gasteiger partial charge in [-0.1, -0.05) is 0 Å². The molecule has 0 aliphatic carbocycles. The molecule has 3 rings (SSSR count). The van der Waals surface area contributed by atoms with E-state index in [9.17, 15) is 8.42 Å². The van der Waals surface area contributed by atoms with E-state index in [0.29, 0.717) is 11.6 Å². The van der Waals surface area contributed by atoms with E-state index in [-0.39, 0.29) is 23.3 Å². The maximum Gasteiger partial charge on any atom is 0.227 e. The molecular formula is C20H25N5O3S. The van der Waals surface area contributed by atoms with Gasteiger partial charge in [0.2, 0.25) is 5.95 Å². The summed E-state index contributed by atoms with van der Waals surface area (Å²) in [4.78, 5) is 13.5. The molecule has 0 unspecified atom stereocenters. The Bertz CT molecular complexity index is 1080. The zero-order valence-corrected chi connectivity index (χ0v) is 17.8. The van der Waals surface area contributed by atoms with Crippen molar-refractivity contribution in [2.24, 2.45) is 0 Å². The van der Waals surface area contributed by atoms with E-state index in [1.54, 1.807) is 36.7 Å². The molecule has 0 amide bonds. The molecule has 0 aliphatic heterocycles. The Hall–Kier alpha value is -2.78. The van der Waals surface area contributed by atoms with Crippen molar-refractivity contribution in [1.29, 1.82) is 0 Å². The van der Waals surface area contributed by atoms with Gasteiger partial charge in [-0.25, -0.2) is 23.4 Å². The molecule has 1 aromatic carbocycles. The van der Waals surface area contributed by atoms with Crippen LogP contribution in [-0.2, 0) is 14.6 Å². The van der Waals surface area contributed by atoms with Gasteiger partial charge < -0.3 is 14.6 Å². The van der Waals surface area contributed by atoms with E-state index in [1.807, 2.05) is 13.0 Å². The first-order chi connectivity index (χ1) is 13.8. The van der Waals surface area contributed by atoms with Crippen LogP contribution in [0, 0.1) is 6.92 Å². The number of aromatic nitrogens is 4. The van der Waals surface area contributed by atoms with Gasteiger partial charge in [0, 0.05) is 25.0 Å². The lowest BCUT2D eigenvalue weighted by molar-refractivity contribution is 0.217. The number of benzene rings is 1. The van der Waals surface area contributed by atoms with Crippen LogP contribution >= 0.6 is 0 Å². The Kier molecular flexibility index (Phi) is 6.29. The second-order valence-corrected chi connectivity index (χ2v) is 8.99. The number of rotatable bonds is 8. The summed E-state index contributed by atoms with van der Waals surface area (Å²) < 4.78 is 31.4. The predicted octanol–water partition coefficient (Wildman–Crippen LogP) is 3.39. The summed E-state index contributed by atoms with van der Waals surface area (Å²) in [6.07, 6.45) is 3.49. The summed E-state index contributed by atoms with van der Waals surface area (Å²) in [7, 11) is -1.88. The van der Waals surface area contributed by atoms with E-state index in [1.165, 1.54) is 7.11 Å². The summed E-state index contributed by atoms with van der Waals surface area (Å²) in [6.45, 7) is 6.32. The number of hydrogen-bond acceptors (Lipinski definition) is 7. The van der Waals surface area contributed by atoms with Crippen molar-refractivity contribution >= 4 is 21.5 Å². The summed E-state index contributed by atoms with van der Waals surface area (Å²) in [5, 5.41) is 3.12. The minimum absolute atomic E-state index is 0.0512. The van der Waals surface area contributed by atoms with Gasteiger partial charge >= 0.3 is 0 Å². The maximum absolute atomic E-state index is 12.2. The second kappa shape index (κ2) is 8.71. The molecule has 9 heteroatoms. The van der Waals surface area contributed by atoms with Crippen LogP contribution in [0.2, 0.25) is 0 Å². The first-order valence-electron chi connectivity index (χ1n) is 9.28. The summed E-state index contributed by atoms with van der Waals surface area (Å²) in [5.74, 6) is 1.30. The normalized spacial score (nSPS) is 11.8. The lowest BCUT2D eigenvalue weighted by Gasteiger charge is -2.14. The van der Waals surface area contributed by atoms with Crippen LogP contribution in [-0.4, -0.2) is 47.4 Å². The van der Waals surface area contributed by atoms with Crippen molar-refractivity contribution < 1.29 is 13.2 Å². The van der Waals surface area contributed by atoms with Crippen LogP contribution in [0.15, 0.2) is 47.6 Å². The van der Waals surface area contributed by atoms with Crippen LogP contribution in [0.4, 0.5) is 11.6 Å². The van der Waals surface area contributed by atoms with E-state index < -0.39 is 9.84 Å². The number of sulfone groups is 1. The molecule has 0 spiro atoms.